The second-order valence-electron chi connectivity index (χ2n) is 9.94. The Balaban J connectivity index is 1.54. The molecule has 4 N–H and O–H groups in total. The van der Waals surface area contributed by atoms with Gasteiger partial charge in [-0.05, 0) is 61.7 Å². The van der Waals surface area contributed by atoms with E-state index in [4.69, 9.17) is 0 Å². The minimum absolute atomic E-state index is 0.00706. The second kappa shape index (κ2) is 11.6. The third kappa shape index (κ3) is 7.10. The Morgan fingerprint density at radius 2 is 1.58 bits per heavy atom. The van der Waals surface area contributed by atoms with Crippen molar-refractivity contribution in [3.63, 3.8) is 0 Å². The molecule has 9 nitrogen and oxygen atoms in total. The average molecular weight is 625 g/mol. The van der Waals surface area contributed by atoms with Crippen molar-refractivity contribution in [1.29, 1.82) is 0 Å². The lowest BCUT2D eigenvalue weighted by molar-refractivity contribution is -0.175. The van der Waals surface area contributed by atoms with Crippen molar-refractivity contribution >= 4 is 39.1 Å². The molecule has 3 amide bonds. The largest absolute Gasteiger partial charge is 0.471 e. The van der Waals surface area contributed by atoms with E-state index in [0.717, 1.165) is 12.1 Å². The number of carbonyl (C=O) groups excluding carboxylic acids is 3. The summed E-state index contributed by atoms with van der Waals surface area (Å²) in [6.45, 7) is 2.67. The lowest BCUT2D eigenvalue weighted by atomic mass is 9.99. The quantitative estimate of drug-likeness (QED) is 0.255. The van der Waals surface area contributed by atoms with E-state index in [0.29, 0.717) is 5.69 Å². The van der Waals surface area contributed by atoms with Gasteiger partial charge in [0.05, 0.1) is 16.6 Å². The van der Waals surface area contributed by atoms with Crippen molar-refractivity contribution in [3.05, 3.63) is 77.9 Å². The Labute approximate surface area is 242 Å². The van der Waals surface area contributed by atoms with E-state index in [9.17, 15) is 40.4 Å². The average Bonchev–Trinajstić information content (AvgIpc) is 3.69. The minimum atomic E-state index is -5.17. The molecule has 3 aromatic rings. The monoisotopic (exact) mass is 624 g/mol. The molecule has 15 heteroatoms. The summed E-state index contributed by atoms with van der Waals surface area (Å²) in [7, 11) is -4.33. The molecular formula is C28H25F5N4O5S. The molecule has 0 spiro atoms. The van der Waals surface area contributed by atoms with Crippen LogP contribution in [-0.4, -0.2) is 37.9 Å². The number of amides is 3. The molecule has 1 aliphatic rings. The van der Waals surface area contributed by atoms with Gasteiger partial charge < -0.3 is 16.0 Å². The van der Waals surface area contributed by atoms with Crippen molar-refractivity contribution in [2.45, 2.75) is 49.3 Å². The molecule has 1 unspecified atom stereocenters. The Bertz CT molecular complexity index is 1690. The highest BCUT2D eigenvalue weighted by Gasteiger charge is 2.55. The summed E-state index contributed by atoms with van der Waals surface area (Å²) in [6.07, 6.45) is -5.22. The van der Waals surface area contributed by atoms with Gasteiger partial charge in [0.1, 0.15) is 17.2 Å². The van der Waals surface area contributed by atoms with Crippen LogP contribution in [0, 0.1) is 11.6 Å². The number of benzene rings is 3. The van der Waals surface area contributed by atoms with Crippen LogP contribution in [0.5, 0.6) is 0 Å². The highest BCUT2D eigenvalue weighted by atomic mass is 32.2. The summed E-state index contributed by atoms with van der Waals surface area (Å²) in [5, 5.41) is 6.58. The third-order valence-corrected chi connectivity index (χ3v) is 8.02. The molecular weight excluding hydrogens is 599 g/mol. The number of alkyl halides is 3. The number of halogens is 5. The van der Waals surface area contributed by atoms with Crippen LogP contribution in [0.3, 0.4) is 0 Å². The van der Waals surface area contributed by atoms with E-state index >= 15 is 4.39 Å². The van der Waals surface area contributed by atoms with Crippen molar-refractivity contribution in [1.82, 2.24) is 10.6 Å². The minimum Gasteiger partial charge on any atom is -0.347 e. The van der Waals surface area contributed by atoms with Gasteiger partial charge in [-0.25, -0.2) is 17.2 Å². The molecule has 1 atom stereocenters. The number of hydrogen-bond acceptors (Lipinski definition) is 5. The zero-order chi connectivity index (χ0) is 31.7. The van der Waals surface area contributed by atoms with E-state index in [1.54, 1.807) is 5.32 Å². The van der Waals surface area contributed by atoms with Gasteiger partial charge in [0, 0.05) is 23.7 Å². The molecule has 228 valence electrons. The Kier molecular flexibility index (Phi) is 8.49. The molecule has 1 saturated carbocycles. The number of carbonyl (C=O) groups is 3. The number of para-hydroxylation sites is 1. The summed E-state index contributed by atoms with van der Waals surface area (Å²) in [6, 6.07) is 11.3. The normalized spacial score (nSPS) is 14.8. The fourth-order valence-corrected chi connectivity index (χ4v) is 5.35. The third-order valence-electron chi connectivity index (χ3n) is 6.66. The molecule has 3 aromatic carbocycles. The first kappa shape index (κ1) is 31.4. The number of nitrogens with one attached hydrogen (secondary N) is 4. The van der Waals surface area contributed by atoms with Crippen LogP contribution in [-0.2, 0) is 24.4 Å². The number of sulfonamides is 1. The maximum atomic E-state index is 15.2. The maximum Gasteiger partial charge on any atom is 0.471 e. The van der Waals surface area contributed by atoms with E-state index < -0.39 is 56.9 Å². The lowest BCUT2D eigenvalue weighted by Gasteiger charge is -2.22. The first-order valence-electron chi connectivity index (χ1n) is 12.7. The van der Waals surface area contributed by atoms with Gasteiger partial charge in [-0.3, -0.25) is 19.1 Å². The standard InChI is InChI=1S/C28H25F5N4O5S/c1-15(34-25(39)27(12-13-27)36-26(40)28(31,32)33)20-11-6-17(14-23(20)30)21-4-3-5-22(29)24(21)37-43(41,42)19-9-7-18(8-10-19)35-16(2)38/h3-11,14-15,37H,12-13H2,1-2H3,(H,34,39)(H,35,38)(H,36,40). The van der Waals surface area contributed by atoms with Crippen molar-refractivity contribution in [3.8, 4) is 11.1 Å². The zero-order valence-corrected chi connectivity index (χ0v) is 23.4. The number of anilines is 2. The molecule has 43 heavy (non-hydrogen) atoms. The molecule has 1 aliphatic carbocycles. The summed E-state index contributed by atoms with van der Waals surface area (Å²) in [4.78, 5) is 34.9. The van der Waals surface area contributed by atoms with Crippen molar-refractivity contribution < 1.29 is 44.8 Å². The smallest absolute Gasteiger partial charge is 0.347 e. The fourth-order valence-electron chi connectivity index (χ4n) is 4.26. The maximum absolute atomic E-state index is 15.2. The summed E-state index contributed by atoms with van der Waals surface area (Å²) in [5.74, 6) is -5.35. The molecule has 0 heterocycles. The highest BCUT2D eigenvalue weighted by molar-refractivity contribution is 7.92. The van der Waals surface area contributed by atoms with Gasteiger partial charge >= 0.3 is 12.1 Å². The zero-order valence-electron chi connectivity index (χ0n) is 22.6. The Morgan fingerprint density at radius 3 is 2.14 bits per heavy atom. The Morgan fingerprint density at radius 1 is 0.930 bits per heavy atom. The summed E-state index contributed by atoms with van der Waals surface area (Å²) in [5.41, 5.74) is -1.85. The van der Waals surface area contributed by atoms with Gasteiger partial charge in [-0.15, -0.1) is 0 Å². The SMILES string of the molecule is CC(=O)Nc1ccc(S(=O)(=O)Nc2c(F)cccc2-c2ccc(C(C)NC(=O)C3(NC(=O)C(F)(F)F)CC3)c(F)c2)cc1. The van der Waals surface area contributed by atoms with Gasteiger partial charge in [0.15, 0.2) is 0 Å². The molecule has 0 radical (unpaired) electrons. The van der Waals surface area contributed by atoms with E-state index in [1.165, 1.54) is 62.4 Å². The van der Waals surface area contributed by atoms with Crippen LogP contribution in [0.1, 0.15) is 38.3 Å². The molecule has 4 rings (SSSR count). The topological polar surface area (TPSA) is 133 Å². The molecule has 0 aromatic heterocycles. The van der Waals surface area contributed by atoms with E-state index in [2.05, 4.69) is 15.4 Å². The first-order chi connectivity index (χ1) is 20.0. The van der Waals surface area contributed by atoms with Crippen LogP contribution in [0.4, 0.5) is 33.3 Å². The summed E-state index contributed by atoms with van der Waals surface area (Å²) >= 11 is 0. The highest BCUT2D eigenvalue weighted by Crippen LogP contribution is 2.38. The van der Waals surface area contributed by atoms with Crippen LogP contribution in [0.25, 0.3) is 11.1 Å². The fraction of sp³-hybridized carbons (Fsp3) is 0.250. The lowest BCUT2D eigenvalue weighted by Crippen LogP contribution is -2.53. The molecule has 1 fully saturated rings. The van der Waals surface area contributed by atoms with Crippen molar-refractivity contribution in [2.75, 3.05) is 10.0 Å². The van der Waals surface area contributed by atoms with Gasteiger partial charge in [0.25, 0.3) is 10.0 Å². The van der Waals surface area contributed by atoms with E-state index in [1.807, 2.05) is 0 Å². The molecule has 0 aliphatic heterocycles. The van der Waals surface area contributed by atoms with Crippen LogP contribution in [0.2, 0.25) is 0 Å². The van der Waals surface area contributed by atoms with Gasteiger partial charge in [-0.1, -0.05) is 24.3 Å². The Hall–Kier alpha value is -4.53. The first-order valence-corrected chi connectivity index (χ1v) is 14.2. The number of hydrogen-bond donors (Lipinski definition) is 4. The summed E-state index contributed by atoms with van der Waals surface area (Å²) < 4.78 is 96.3. The van der Waals surface area contributed by atoms with Crippen LogP contribution >= 0.6 is 0 Å². The molecule has 0 bridgehead atoms. The number of rotatable bonds is 9. The van der Waals surface area contributed by atoms with Crippen LogP contribution < -0.4 is 20.7 Å². The van der Waals surface area contributed by atoms with E-state index in [-0.39, 0.29) is 40.3 Å². The van der Waals surface area contributed by atoms with Crippen LogP contribution in [0.15, 0.2) is 65.6 Å². The predicted octanol–water partition coefficient (Wildman–Crippen LogP) is 4.78. The van der Waals surface area contributed by atoms with Gasteiger partial charge in [0.2, 0.25) is 11.8 Å². The second-order valence-corrected chi connectivity index (χ2v) is 11.6. The predicted molar refractivity (Wildman–Crippen MR) is 146 cm³/mol. The van der Waals surface area contributed by atoms with Crippen molar-refractivity contribution in [2.24, 2.45) is 0 Å². The molecule has 0 saturated heterocycles. The van der Waals surface area contributed by atoms with Gasteiger partial charge in [-0.2, -0.15) is 13.2 Å².